The molecule has 0 aromatic rings. The van der Waals surface area contributed by atoms with Gasteiger partial charge in [0.1, 0.15) is 0 Å². The number of ether oxygens (including phenoxy) is 1. The minimum atomic E-state index is -1.24. The van der Waals surface area contributed by atoms with Crippen molar-refractivity contribution in [3.8, 4) is 12.3 Å². The van der Waals surface area contributed by atoms with Crippen LogP contribution in [0.1, 0.15) is 20.8 Å². The minimum Gasteiger partial charge on any atom is -0.436 e. The van der Waals surface area contributed by atoms with Gasteiger partial charge in [0.25, 0.3) is 0 Å². The van der Waals surface area contributed by atoms with Gasteiger partial charge in [-0.2, -0.15) is 0 Å². The number of imide groups is 1. The van der Waals surface area contributed by atoms with Crippen LogP contribution in [0, 0.1) is 17.8 Å². The average Bonchev–Trinajstić information content (AvgIpc) is 2.20. The second kappa shape index (κ2) is 6.26. The Morgan fingerprint density at radius 3 is 2.24 bits per heavy atom. The Morgan fingerprint density at radius 1 is 1.35 bits per heavy atom. The number of terminal acetylenes is 1. The molecule has 0 rings (SSSR count). The van der Waals surface area contributed by atoms with Crippen molar-refractivity contribution < 1.29 is 19.1 Å². The molecule has 0 bridgehead atoms. The third kappa shape index (κ3) is 5.93. The summed E-state index contributed by atoms with van der Waals surface area (Å²) in [5, 5.41) is -1.24. The first-order valence-electron chi connectivity index (χ1n) is 4.80. The number of carbonyl (C=O) groups excluding carboxylic acids is 3. The highest BCUT2D eigenvalue weighted by Crippen LogP contribution is 2.16. The smallest absolute Gasteiger partial charge is 0.417 e. The van der Waals surface area contributed by atoms with Crippen LogP contribution in [-0.4, -0.2) is 35.3 Å². The van der Waals surface area contributed by atoms with E-state index in [4.69, 9.17) is 18.0 Å². The third-order valence-corrected chi connectivity index (χ3v) is 1.71. The predicted molar refractivity (Wildman–Crippen MR) is 62.2 cm³/mol. The molecule has 0 fully saturated rings. The van der Waals surface area contributed by atoms with E-state index in [1.807, 2.05) is 0 Å². The molecule has 0 aliphatic rings. The van der Waals surface area contributed by atoms with Crippen LogP contribution in [0.3, 0.4) is 0 Å². The van der Waals surface area contributed by atoms with E-state index in [1.54, 1.807) is 20.8 Å². The van der Waals surface area contributed by atoms with Crippen LogP contribution in [0.2, 0.25) is 0 Å². The molecule has 17 heavy (non-hydrogen) atoms. The fraction of sp³-hybridized carbons (Fsp3) is 0.545. The van der Waals surface area contributed by atoms with Crippen molar-refractivity contribution >= 4 is 28.8 Å². The fourth-order valence-electron chi connectivity index (χ4n) is 0.981. The molecule has 0 aromatic heterocycles. The highest BCUT2D eigenvalue weighted by Gasteiger charge is 2.31. The van der Waals surface area contributed by atoms with Gasteiger partial charge in [0.15, 0.2) is 6.61 Å². The van der Waals surface area contributed by atoms with Gasteiger partial charge in [-0.25, -0.2) is 9.69 Å². The fourth-order valence-corrected chi connectivity index (χ4v) is 1.08. The molecular formula is C11H14ClNO4. The molecule has 0 saturated carbocycles. The normalized spacial score (nSPS) is 10.3. The Hall–Kier alpha value is -1.54. The lowest BCUT2D eigenvalue weighted by molar-refractivity contribution is -0.140. The monoisotopic (exact) mass is 259 g/mol. The van der Waals surface area contributed by atoms with Crippen molar-refractivity contribution in [3.63, 3.8) is 0 Å². The average molecular weight is 260 g/mol. The molecule has 0 radical (unpaired) electrons. The summed E-state index contributed by atoms with van der Waals surface area (Å²) in [6, 6.07) is 0. The number of halogens is 1. The molecule has 5 nitrogen and oxygen atoms in total. The second-order valence-electron chi connectivity index (χ2n) is 4.48. The van der Waals surface area contributed by atoms with Crippen LogP contribution in [-0.2, 0) is 14.3 Å². The van der Waals surface area contributed by atoms with Crippen LogP contribution in [0.25, 0.3) is 0 Å². The maximum atomic E-state index is 11.5. The molecule has 0 saturated heterocycles. The van der Waals surface area contributed by atoms with Crippen LogP contribution in [0.4, 0.5) is 4.79 Å². The van der Waals surface area contributed by atoms with Crippen molar-refractivity contribution in [3.05, 3.63) is 0 Å². The molecule has 94 valence electrons. The van der Waals surface area contributed by atoms with Crippen molar-refractivity contribution in [1.82, 2.24) is 4.90 Å². The quantitative estimate of drug-likeness (QED) is 0.437. The SMILES string of the molecule is C#CCOC(=O)N(CC(C)(C)C)C(=O)C(=O)Cl. The standard InChI is InChI=1S/C11H14ClNO4/c1-5-6-17-10(16)13(7-11(2,3)4)9(15)8(12)14/h1H,6-7H2,2-4H3. The summed E-state index contributed by atoms with van der Waals surface area (Å²) in [6.07, 6.45) is 3.94. The first-order valence-corrected chi connectivity index (χ1v) is 5.18. The molecule has 0 heterocycles. The van der Waals surface area contributed by atoms with Crippen LogP contribution in [0.5, 0.6) is 0 Å². The molecule has 0 N–H and O–H groups in total. The zero-order chi connectivity index (χ0) is 13.6. The van der Waals surface area contributed by atoms with Gasteiger partial charge in [-0.15, -0.1) is 6.42 Å². The van der Waals surface area contributed by atoms with Gasteiger partial charge in [-0.3, -0.25) is 9.59 Å². The van der Waals surface area contributed by atoms with Gasteiger partial charge >= 0.3 is 17.2 Å². The summed E-state index contributed by atoms with van der Waals surface area (Å²) in [4.78, 5) is 34.3. The third-order valence-electron chi connectivity index (χ3n) is 1.55. The zero-order valence-corrected chi connectivity index (χ0v) is 10.7. The van der Waals surface area contributed by atoms with Crippen molar-refractivity contribution in [2.45, 2.75) is 20.8 Å². The number of carbonyl (C=O) groups is 3. The number of nitrogens with zero attached hydrogens (tertiary/aromatic N) is 1. The Morgan fingerprint density at radius 2 is 1.88 bits per heavy atom. The lowest BCUT2D eigenvalue weighted by atomic mass is 9.96. The summed E-state index contributed by atoms with van der Waals surface area (Å²) in [7, 11) is 0. The van der Waals surface area contributed by atoms with Crippen molar-refractivity contribution in [2.75, 3.05) is 13.2 Å². The van der Waals surface area contributed by atoms with Crippen molar-refractivity contribution in [2.24, 2.45) is 5.41 Å². The summed E-state index contributed by atoms with van der Waals surface area (Å²) >= 11 is 5.05. The van der Waals surface area contributed by atoms with Gasteiger partial charge in [-0.1, -0.05) is 26.7 Å². The minimum absolute atomic E-state index is 0.00764. The second-order valence-corrected chi connectivity index (χ2v) is 4.83. The number of rotatable bonds is 3. The zero-order valence-electron chi connectivity index (χ0n) is 9.95. The first kappa shape index (κ1) is 15.5. The number of amides is 2. The topological polar surface area (TPSA) is 63.7 Å². The number of hydrogen-bond acceptors (Lipinski definition) is 4. The van der Waals surface area contributed by atoms with Gasteiger partial charge in [0, 0.05) is 6.54 Å². The highest BCUT2D eigenvalue weighted by molar-refractivity contribution is 6.81. The van der Waals surface area contributed by atoms with Crippen LogP contribution < -0.4 is 0 Å². The molecule has 0 aliphatic carbocycles. The molecule has 6 heteroatoms. The van der Waals surface area contributed by atoms with E-state index in [9.17, 15) is 14.4 Å². The van der Waals surface area contributed by atoms with Crippen molar-refractivity contribution in [1.29, 1.82) is 0 Å². The molecular weight excluding hydrogens is 246 g/mol. The molecule has 0 aromatic carbocycles. The van der Waals surface area contributed by atoms with Crippen LogP contribution in [0.15, 0.2) is 0 Å². The van der Waals surface area contributed by atoms with E-state index in [2.05, 4.69) is 10.7 Å². The molecule has 2 amide bonds. The Balaban J connectivity index is 4.86. The van der Waals surface area contributed by atoms with Gasteiger partial charge in [0.2, 0.25) is 0 Å². The van der Waals surface area contributed by atoms with E-state index in [1.165, 1.54) is 0 Å². The summed E-state index contributed by atoms with van der Waals surface area (Å²) in [5.41, 5.74) is -0.392. The summed E-state index contributed by atoms with van der Waals surface area (Å²) in [6.45, 7) is 5.11. The lowest BCUT2D eigenvalue weighted by Gasteiger charge is -2.26. The maximum absolute atomic E-state index is 11.5. The maximum Gasteiger partial charge on any atom is 0.417 e. The predicted octanol–water partition coefficient (Wildman–Crippen LogP) is 1.40. The largest absolute Gasteiger partial charge is 0.436 e. The summed E-state index contributed by atoms with van der Waals surface area (Å²) in [5.74, 6) is 0.964. The van der Waals surface area contributed by atoms with E-state index in [0.717, 1.165) is 0 Å². The van der Waals surface area contributed by atoms with E-state index < -0.39 is 22.7 Å². The molecule has 0 spiro atoms. The molecule has 0 unspecified atom stereocenters. The Labute approximate surface area is 105 Å². The van der Waals surface area contributed by atoms with Gasteiger partial charge in [-0.05, 0) is 17.0 Å². The highest BCUT2D eigenvalue weighted by atomic mass is 35.5. The van der Waals surface area contributed by atoms with Crippen LogP contribution >= 0.6 is 11.6 Å². The lowest BCUT2D eigenvalue weighted by Crippen LogP contribution is -2.44. The van der Waals surface area contributed by atoms with E-state index in [0.29, 0.717) is 4.90 Å². The summed E-state index contributed by atoms with van der Waals surface area (Å²) < 4.78 is 4.59. The van der Waals surface area contributed by atoms with E-state index in [-0.39, 0.29) is 13.2 Å². The Kier molecular flexibility index (Phi) is 5.69. The van der Waals surface area contributed by atoms with Gasteiger partial charge < -0.3 is 4.74 Å². The van der Waals surface area contributed by atoms with E-state index >= 15 is 0 Å². The Bertz CT molecular complexity index is 365. The van der Waals surface area contributed by atoms with Gasteiger partial charge in [0.05, 0.1) is 0 Å². The molecule has 0 aliphatic heterocycles. The first-order chi connectivity index (χ1) is 7.69. The molecule has 0 atom stereocenters. The number of hydrogen-bond donors (Lipinski definition) is 0.